The van der Waals surface area contributed by atoms with Gasteiger partial charge in [0, 0.05) is 39.1 Å². The second-order valence-electron chi connectivity index (χ2n) is 5.11. The van der Waals surface area contributed by atoms with Gasteiger partial charge in [0.1, 0.15) is 12.4 Å². The zero-order valence-electron chi connectivity index (χ0n) is 13.7. The minimum Gasteiger partial charge on any atom is -0.356 e. The van der Waals surface area contributed by atoms with Crippen LogP contribution in [-0.4, -0.2) is 43.6 Å². The van der Waals surface area contributed by atoms with Crippen LogP contribution in [0.3, 0.4) is 0 Å². The Morgan fingerprint density at radius 3 is 2.91 bits per heavy atom. The number of hydrogen-bond acceptors (Lipinski definition) is 4. The summed E-state index contributed by atoms with van der Waals surface area (Å²) in [5, 5.41) is 18.8. The van der Waals surface area contributed by atoms with Crippen LogP contribution < -0.4 is 10.6 Å². The van der Waals surface area contributed by atoms with Crippen molar-refractivity contribution in [1.29, 1.82) is 0 Å². The van der Waals surface area contributed by atoms with Crippen LogP contribution in [0, 0.1) is 6.92 Å². The zero-order valence-corrected chi connectivity index (χ0v) is 13.7. The third kappa shape index (κ3) is 5.24. The summed E-state index contributed by atoms with van der Waals surface area (Å²) in [6.45, 7) is 8.45. The van der Waals surface area contributed by atoms with Gasteiger partial charge in [-0.2, -0.15) is 5.10 Å². The first-order valence-corrected chi connectivity index (χ1v) is 7.66. The summed E-state index contributed by atoms with van der Waals surface area (Å²) in [6.07, 6.45) is 6.50. The number of nitrogens with one attached hydrogen (secondary N) is 2. The van der Waals surface area contributed by atoms with Gasteiger partial charge in [0.15, 0.2) is 11.8 Å². The van der Waals surface area contributed by atoms with Crippen molar-refractivity contribution in [2.75, 3.05) is 13.1 Å². The molecule has 0 saturated carbocycles. The largest absolute Gasteiger partial charge is 0.356 e. The van der Waals surface area contributed by atoms with E-state index in [9.17, 15) is 0 Å². The third-order valence-corrected chi connectivity index (χ3v) is 3.39. The number of aliphatic imine (C=N–C) groups is 1. The van der Waals surface area contributed by atoms with Crippen molar-refractivity contribution < 1.29 is 0 Å². The van der Waals surface area contributed by atoms with Gasteiger partial charge in [-0.05, 0) is 19.4 Å². The first-order valence-electron chi connectivity index (χ1n) is 7.66. The number of hydrogen-bond donors (Lipinski definition) is 2. The number of guanidine groups is 1. The summed E-state index contributed by atoms with van der Waals surface area (Å²) in [7, 11) is 1.94. The molecule has 0 aliphatic rings. The Kier molecular flexibility index (Phi) is 6.34. The highest BCUT2D eigenvalue weighted by Gasteiger charge is 2.04. The Hall–Kier alpha value is -2.64. The average molecular weight is 316 g/mol. The molecule has 0 spiro atoms. The maximum atomic E-state index is 4.54. The summed E-state index contributed by atoms with van der Waals surface area (Å²) in [5.74, 6) is 2.45. The Morgan fingerprint density at radius 2 is 2.26 bits per heavy atom. The second kappa shape index (κ2) is 8.72. The van der Waals surface area contributed by atoms with Gasteiger partial charge in [-0.15, -0.1) is 16.8 Å². The maximum Gasteiger partial charge on any atom is 0.191 e. The molecule has 0 aromatic carbocycles. The van der Waals surface area contributed by atoms with E-state index in [1.165, 1.54) is 0 Å². The summed E-state index contributed by atoms with van der Waals surface area (Å²) in [4.78, 5) is 4.54. The highest BCUT2D eigenvalue weighted by atomic mass is 15.3. The molecule has 2 N–H and O–H groups in total. The fourth-order valence-corrected chi connectivity index (χ4v) is 1.96. The molecule has 8 heteroatoms. The van der Waals surface area contributed by atoms with Crippen LogP contribution in [0.2, 0.25) is 0 Å². The average Bonchev–Trinajstić information content (AvgIpc) is 3.18. The quantitative estimate of drug-likeness (QED) is 0.323. The van der Waals surface area contributed by atoms with Crippen molar-refractivity contribution in [3.63, 3.8) is 0 Å². The van der Waals surface area contributed by atoms with Crippen molar-refractivity contribution >= 4 is 5.96 Å². The lowest BCUT2D eigenvalue weighted by molar-refractivity contribution is 0.570. The van der Waals surface area contributed by atoms with Crippen LogP contribution >= 0.6 is 0 Å². The molecule has 0 radical (unpaired) electrons. The molecular weight excluding hydrogens is 292 g/mol. The summed E-state index contributed by atoms with van der Waals surface area (Å²) < 4.78 is 3.85. The Balaban J connectivity index is 1.83. The van der Waals surface area contributed by atoms with E-state index in [1.54, 1.807) is 12.3 Å². The van der Waals surface area contributed by atoms with Crippen LogP contribution in [-0.2, 0) is 20.1 Å². The van der Waals surface area contributed by atoms with Gasteiger partial charge < -0.3 is 15.2 Å². The van der Waals surface area contributed by atoms with E-state index < -0.39 is 0 Å². The van der Waals surface area contributed by atoms with Gasteiger partial charge >= 0.3 is 0 Å². The molecule has 23 heavy (non-hydrogen) atoms. The summed E-state index contributed by atoms with van der Waals surface area (Å²) in [6, 6.07) is 1.93. The van der Waals surface area contributed by atoms with E-state index >= 15 is 0 Å². The molecule has 2 aromatic rings. The van der Waals surface area contributed by atoms with Gasteiger partial charge in [0.2, 0.25) is 0 Å². The van der Waals surface area contributed by atoms with E-state index in [1.807, 2.05) is 35.5 Å². The lowest BCUT2D eigenvalue weighted by Gasteiger charge is -2.11. The van der Waals surface area contributed by atoms with Gasteiger partial charge in [0.05, 0.1) is 0 Å². The van der Waals surface area contributed by atoms with Crippen molar-refractivity contribution in [3.8, 4) is 0 Å². The van der Waals surface area contributed by atoms with E-state index in [0.717, 1.165) is 37.1 Å². The summed E-state index contributed by atoms with van der Waals surface area (Å²) in [5.41, 5.74) is 0. The minimum absolute atomic E-state index is 0.475. The minimum atomic E-state index is 0.475. The highest BCUT2D eigenvalue weighted by molar-refractivity contribution is 5.79. The van der Waals surface area contributed by atoms with Crippen LogP contribution in [0.1, 0.15) is 18.1 Å². The molecule has 0 aliphatic carbocycles. The Bertz CT molecular complexity index is 626. The molecule has 0 saturated heterocycles. The van der Waals surface area contributed by atoms with Crippen molar-refractivity contribution in [1.82, 2.24) is 35.2 Å². The first kappa shape index (κ1) is 16.7. The molecule has 124 valence electrons. The Labute approximate surface area is 136 Å². The predicted octanol–water partition coefficient (Wildman–Crippen LogP) is 0.632. The monoisotopic (exact) mass is 316 g/mol. The topological polar surface area (TPSA) is 85.0 Å². The van der Waals surface area contributed by atoms with Gasteiger partial charge in [-0.25, -0.2) is 4.99 Å². The van der Waals surface area contributed by atoms with Crippen LogP contribution in [0.5, 0.6) is 0 Å². The van der Waals surface area contributed by atoms with Crippen LogP contribution in [0.15, 0.2) is 36.1 Å². The molecule has 0 atom stereocenters. The molecule has 0 fully saturated rings. The molecule has 8 nitrogen and oxygen atoms in total. The van der Waals surface area contributed by atoms with Crippen LogP contribution in [0.25, 0.3) is 0 Å². The van der Waals surface area contributed by atoms with E-state index in [2.05, 4.69) is 37.5 Å². The van der Waals surface area contributed by atoms with Crippen LogP contribution in [0.4, 0.5) is 0 Å². The van der Waals surface area contributed by atoms with Crippen molar-refractivity contribution in [2.24, 2.45) is 12.0 Å². The fraction of sp³-hybridized carbons (Fsp3) is 0.467. The van der Waals surface area contributed by atoms with Gasteiger partial charge in [0.25, 0.3) is 0 Å². The lowest BCUT2D eigenvalue weighted by atomic mass is 10.4. The molecule has 2 aromatic heterocycles. The Morgan fingerprint density at radius 1 is 1.39 bits per heavy atom. The molecular formula is C15H24N8. The highest BCUT2D eigenvalue weighted by Crippen LogP contribution is 1.99. The predicted molar refractivity (Wildman–Crippen MR) is 89.9 cm³/mol. The van der Waals surface area contributed by atoms with E-state index in [-0.39, 0.29) is 0 Å². The molecule has 0 bridgehead atoms. The third-order valence-electron chi connectivity index (χ3n) is 3.39. The second-order valence-corrected chi connectivity index (χ2v) is 5.11. The molecule has 2 heterocycles. The normalized spacial score (nSPS) is 11.5. The number of aromatic nitrogens is 5. The standard InChI is InChI=1S/C15H24N8/c1-4-7-16-15(17-8-5-10-23-11-6-9-19-23)18-12-14-21-20-13(2)22(14)3/h4,6,9,11H,1,5,7-8,10,12H2,2-3H3,(H2,16,17,18). The smallest absolute Gasteiger partial charge is 0.191 e. The zero-order chi connectivity index (χ0) is 16.5. The number of aryl methyl sites for hydroxylation is 2. The maximum absolute atomic E-state index is 4.54. The fourth-order valence-electron chi connectivity index (χ4n) is 1.96. The number of nitrogens with zero attached hydrogens (tertiary/aromatic N) is 6. The molecule has 0 aliphatic heterocycles. The lowest BCUT2D eigenvalue weighted by Crippen LogP contribution is -2.38. The SMILES string of the molecule is C=CCNC(=NCc1nnc(C)n1C)NCCCn1cccn1. The van der Waals surface area contributed by atoms with E-state index in [0.29, 0.717) is 13.1 Å². The number of rotatable bonds is 8. The van der Waals surface area contributed by atoms with E-state index in [4.69, 9.17) is 0 Å². The molecule has 0 amide bonds. The van der Waals surface area contributed by atoms with Crippen molar-refractivity contribution in [2.45, 2.75) is 26.4 Å². The van der Waals surface area contributed by atoms with Gasteiger partial charge in [-0.3, -0.25) is 4.68 Å². The molecule has 0 unspecified atom stereocenters. The van der Waals surface area contributed by atoms with Gasteiger partial charge in [-0.1, -0.05) is 6.08 Å². The molecule has 2 rings (SSSR count). The van der Waals surface area contributed by atoms with Crippen molar-refractivity contribution in [3.05, 3.63) is 42.8 Å². The summed E-state index contributed by atoms with van der Waals surface area (Å²) >= 11 is 0. The first-order chi connectivity index (χ1) is 11.2.